The summed E-state index contributed by atoms with van der Waals surface area (Å²) < 4.78 is 0. The van der Waals surface area contributed by atoms with Crippen LogP contribution >= 0.6 is 0 Å². The van der Waals surface area contributed by atoms with Crippen molar-refractivity contribution in [2.24, 2.45) is 0 Å². The fourth-order valence-corrected chi connectivity index (χ4v) is 2.61. The van der Waals surface area contributed by atoms with E-state index >= 15 is 0 Å². The van der Waals surface area contributed by atoms with Crippen LogP contribution in [0, 0.1) is 0 Å². The lowest BCUT2D eigenvalue weighted by Gasteiger charge is -2.18. The predicted molar refractivity (Wildman–Crippen MR) is 55.3 cm³/mol. The normalized spacial score (nSPS) is 11.3. The highest BCUT2D eigenvalue weighted by Gasteiger charge is 2.22. The van der Waals surface area contributed by atoms with Crippen molar-refractivity contribution < 1.29 is 4.80 Å². The van der Waals surface area contributed by atoms with Crippen molar-refractivity contribution in [1.29, 1.82) is 0 Å². The van der Waals surface area contributed by atoms with Crippen molar-refractivity contribution >= 4 is 19.2 Å². The standard InChI is InChI=1S/C9H15NOSi/c1-10-8-6-4-5-7-9(8)12(2,3)11/h4-7,10-11H,1-3H3. The van der Waals surface area contributed by atoms with Crippen molar-refractivity contribution in [2.45, 2.75) is 13.1 Å². The van der Waals surface area contributed by atoms with E-state index < -0.39 is 8.32 Å². The third kappa shape index (κ3) is 1.87. The van der Waals surface area contributed by atoms with Crippen LogP contribution in [0.25, 0.3) is 0 Å². The summed E-state index contributed by atoms with van der Waals surface area (Å²) in [6, 6.07) is 7.90. The lowest BCUT2D eigenvalue weighted by atomic mass is 10.3. The maximum absolute atomic E-state index is 9.90. The zero-order valence-corrected chi connectivity index (χ0v) is 8.76. The van der Waals surface area contributed by atoms with E-state index in [1.165, 1.54) is 0 Å². The van der Waals surface area contributed by atoms with Crippen molar-refractivity contribution in [3.8, 4) is 0 Å². The molecule has 0 aliphatic carbocycles. The van der Waals surface area contributed by atoms with Gasteiger partial charge in [0.25, 0.3) is 0 Å². The molecule has 0 aliphatic heterocycles. The lowest BCUT2D eigenvalue weighted by Crippen LogP contribution is -2.42. The number of rotatable bonds is 2. The second-order valence-electron chi connectivity index (χ2n) is 3.35. The summed E-state index contributed by atoms with van der Waals surface area (Å²) in [5, 5.41) is 4.14. The molecule has 3 heteroatoms. The number of nitrogens with one attached hydrogen (secondary N) is 1. The van der Waals surface area contributed by atoms with Crippen molar-refractivity contribution in [2.75, 3.05) is 12.4 Å². The Labute approximate surface area is 74.4 Å². The van der Waals surface area contributed by atoms with Crippen LogP contribution in [0.4, 0.5) is 5.69 Å². The Morgan fingerprint density at radius 3 is 2.25 bits per heavy atom. The van der Waals surface area contributed by atoms with Crippen LogP contribution in [0.1, 0.15) is 0 Å². The third-order valence-corrected chi connectivity index (χ3v) is 3.61. The molecule has 0 unspecified atom stereocenters. The van der Waals surface area contributed by atoms with Gasteiger partial charge in [-0.1, -0.05) is 18.2 Å². The first-order valence-corrected chi connectivity index (χ1v) is 7.00. The molecule has 0 saturated heterocycles. The molecule has 0 spiro atoms. The molecular formula is C9H15NOSi. The van der Waals surface area contributed by atoms with Gasteiger partial charge in [-0.15, -0.1) is 0 Å². The molecule has 1 aromatic carbocycles. The first kappa shape index (κ1) is 9.29. The maximum atomic E-state index is 9.90. The third-order valence-electron chi connectivity index (χ3n) is 1.86. The second kappa shape index (κ2) is 3.29. The molecule has 0 saturated carbocycles. The summed E-state index contributed by atoms with van der Waals surface area (Å²) in [6.07, 6.45) is 0. The van der Waals surface area contributed by atoms with E-state index in [9.17, 15) is 4.80 Å². The van der Waals surface area contributed by atoms with Gasteiger partial charge in [0.15, 0.2) is 0 Å². The average Bonchev–Trinajstić information content (AvgIpc) is 2.03. The van der Waals surface area contributed by atoms with Gasteiger partial charge in [-0.25, -0.2) is 0 Å². The number of benzene rings is 1. The molecule has 0 amide bonds. The molecule has 0 fully saturated rings. The molecule has 0 heterocycles. The van der Waals surface area contributed by atoms with Gasteiger partial charge in [0.05, 0.1) is 0 Å². The van der Waals surface area contributed by atoms with Gasteiger partial charge >= 0.3 is 0 Å². The van der Waals surface area contributed by atoms with Crippen LogP contribution in [0.5, 0.6) is 0 Å². The summed E-state index contributed by atoms with van der Waals surface area (Å²) in [7, 11) is -0.287. The fraction of sp³-hybridized carbons (Fsp3) is 0.333. The fourth-order valence-electron chi connectivity index (χ4n) is 1.23. The van der Waals surface area contributed by atoms with Gasteiger partial charge in [-0.3, -0.25) is 0 Å². The van der Waals surface area contributed by atoms with E-state index in [1.807, 2.05) is 44.4 Å². The molecule has 0 bridgehead atoms. The van der Waals surface area contributed by atoms with Crippen LogP contribution in [-0.2, 0) is 0 Å². The van der Waals surface area contributed by atoms with Gasteiger partial charge in [0.2, 0.25) is 8.32 Å². The molecule has 1 rings (SSSR count). The van der Waals surface area contributed by atoms with Gasteiger partial charge in [0, 0.05) is 12.7 Å². The molecule has 66 valence electrons. The van der Waals surface area contributed by atoms with E-state index in [4.69, 9.17) is 0 Å². The molecule has 0 atom stereocenters. The molecule has 0 aromatic heterocycles. The minimum Gasteiger partial charge on any atom is -0.428 e. The second-order valence-corrected chi connectivity index (χ2v) is 7.01. The average molecular weight is 181 g/mol. The molecule has 2 nitrogen and oxygen atoms in total. The van der Waals surface area contributed by atoms with E-state index in [-0.39, 0.29) is 0 Å². The molecular weight excluding hydrogens is 166 g/mol. The Kier molecular flexibility index (Phi) is 2.54. The van der Waals surface area contributed by atoms with E-state index in [0.29, 0.717) is 0 Å². The van der Waals surface area contributed by atoms with Crippen molar-refractivity contribution in [3.05, 3.63) is 24.3 Å². The topological polar surface area (TPSA) is 32.3 Å². The Balaban J connectivity index is 3.14. The number of para-hydroxylation sites is 1. The molecule has 12 heavy (non-hydrogen) atoms. The monoisotopic (exact) mass is 181 g/mol. The van der Waals surface area contributed by atoms with Crippen LogP contribution < -0.4 is 10.5 Å². The summed E-state index contributed by atoms with van der Waals surface area (Å²) in [5.74, 6) is 0. The molecule has 0 aliphatic rings. The number of hydrogen-bond acceptors (Lipinski definition) is 2. The van der Waals surface area contributed by atoms with E-state index in [2.05, 4.69) is 5.32 Å². The highest BCUT2D eigenvalue weighted by molar-refractivity contribution is 6.84. The Morgan fingerprint density at radius 2 is 1.83 bits per heavy atom. The van der Waals surface area contributed by atoms with Gasteiger partial charge in [-0.05, 0) is 24.3 Å². The van der Waals surface area contributed by atoms with Gasteiger partial charge in [0.1, 0.15) is 0 Å². The van der Waals surface area contributed by atoms with Crippen LogP contribution in [0.2, 0.25) is 13.1 Å². The first-order valence-electron chi connectivity index (χ1n) is 4.05. The summed E-state index contributed by atoms with van der Waals surface area (Å²) in [5.41, 5.74) is 1.04. The van der Waals surface area contributed by atoms with Gasteiger partial charge in [-0.2, -0.15) is 0 Å². The molecule has 2 N–H and O–H groups in total. The van der Waals surface area contributed by atoms with E-state index in [0.717, 1.165) is 10.9 Å². The van der Waals surface area contributed by atoms with Crippen LogP contribution in [-0.4, -0.2) is 20.2 Å². The first-order chi connectivity index (χ1) is 5.55. The Bertz CT molecular complexity index is 267. The van der Waals surface area contributed by atoms with E-state index in [1.54, 1.807) is 0 Å². The summed E-state index contributed by atoms with van der Waals surface area (Å²) in [4.78, 5) is 9.90. The minimum atomic E-state index is -2.16. The Morgan fingerprint density at radius 1 is 1.25 bits per heavy atom. The zero-order chi connectivity index (χ0) is 9.19. The largest absolute Gasteiger partial charge is 0.428 e. The van der Waals surface area contributed by atoms with Crippen molar-refractivity contribution in [3.63, 3.8) is 0 Å². The highest BCUT2D eigenvalue weighted by Crippen LogP contribution is 2.08. The molecule has 1 aromatic rings. The van der Waals surface area contributed by atoms with Crippen molar-refractivity contribution in [1.82, 2.24) is 0 Å². The Hall–Kier alpha value is -0.803. The van der Waals surface area contributed by atoms with Crippen LogP contribution in [0.15, 0.2) is 24.3 Å². The SMILES string of the molecule is CNc1ccccc1[Si](C)(C)O. The predicted octanol–water partition coefficient (Wildman–Crippen LogP) is 1.13. The molecule has 0 radical (unpaired) electrons. The summed E-state index contributed by atoms with van der Waals surface area (Å²) in [6.45, 7) is 3.84. The zero-order valence-electron chi connectivity index (χ0n) is 7.76. The smallest absolute Gasteiger partial charge is 0.216 e. The lowest BCUT2D eigenvalue weighted by molar-refractivity contribution is 0.568. The van der Waals surface area contributed by atoms with Gasteiger partial charge < -0.3 is 10.1 Å². The number of anilines is 1. The highest BCUT2D eigenvalue weighted by atomic mass is 28.4. The summed E-state index contributed by atoms with van der Waals surface area (Å²) >= 11 is 0. The van der Waals surface area contributed by atoms with Crippen LogP contribution in [0.3, 0.4) is 0 Å². The quantitative estimate of drug-likeness (QED) is 0.670. The minimum absolute atomic E-state index is 1.04. The maximum Gasteiger partial charge on any atom is 0.216 e. The number of hydrogen-bond donors (Lipinski definition) is 2.